The molecule has 1 aromatic rings. The molecule has 4 nitrogen and oxygen atoms in total. The molecule has 90 valence electrons. The Balaban J connectivity index is 2.49. The van der Waals surface area contributed by atoms with E-state index in [0.717, 1.165) is 31.6 Å². The minimum Gasteiger partial charge on any atom is -0.393 e. The Morgan fingerprint density at radius 3 is 2.25 bits per heavy atom. The number of aromatic nitrogens is 2. The van der Waals surface area contributed by atoms with Crippen molar-refractivity contribution >= 4 is 5.69 Å². The van der Waals surface area contributed by atoms with E-state index in [1.165, 1.54) is 12.8 Å². The van der Waals surface area contributed by atoms with Gasteiger partial charge in [-0.25, -0.2) is 4.68 Å². The van der Waals surface area contributed by atoms with Crippen LogP contribution < -0.4 is 11.3 Å². The number of nitrogen functional groups attached to an aromatic ring is 1. The molecule has 0 bridgehead atoms. The van der Waals surface area contributed by atoms with Gasteiger partial charge >= 0.3 is 0 Å². The highest BCUT2D eigenvalue weighted by Gasteiger charge is 2.31. The van der Waals surface area contributed by atoms with Crippen LogP contribution in [0, 0.1) is 0 Å². The third kappa shape index (κ3) is 1.77. The number of hydrogen-bond donors (Lipinski definition) is 1. The normalized spacial score (nSPS) is 15.6. The largest absolute Gasteiger partial charge is 0.393 e. The topological polar surface area (TPSA) is 52.9 Å². The molecule has 1 aliphatic rings. The smallest absolute Gasteiger partial charge is 0.290 e. The number of nitrogens with two attached hydrogens (primary N) is 1. The Morgan fingerprint density at radius 1 is 1.19 bits per heavy atom. The Bertz CT molecular complexity index is 426. The first-order chi connectivity index (χ1) is 7.70. The molecular weight excluding hydrogens is 202 g/mol. The summed E-state index contributed by atoms with van der Waals surface area (Å²) in [4.78, 5) is 12.0. The molecule has 2 N–H and O–H groups in total. The molecule has 0 spiro atoms. The predicted octanol–water partition coefficient (Wildman–Crippen LogP) is 1.93. The van der Waals surface area contributed by atoms with Crippen LogP contribution >= 0.6 is 0 Å². The fraction of sp³-hybridized carbons (Fsp3) is 0.750. The summed E-state index contributed by atoms with van der Waals surface area (Å²) in [7, 11) is 0. The van der Waals surface area contributed by atoms with Gasteiger partial charge in [0.2, 0.25) is 0 Å². The van der Waals surface area contributed by atoms with E-state index in [-0.39, 0.29) is 5.56 Å². The molecule has 0 aliphatic heterocycles. The van der Waals surface area contributed by atoms with Crippen LogP contribution in [0.15, 0.2) is 4.79 Å². The second kappa shape index (κ2) is 4.36. The molecule has 1 aliphatic carbocycles. The monoisotopic (exact) mass is 223 g/mol. The summed E-state index contributed by atoms with van der Waals surface area (Å²) in [5.74, 6) is 0.539. The number of nitrogens with zero attached hydrogens (tertiary/aromatic N) is 2. The van der Waals surface area contributed by atoms with Crippen molar-refractivity contribution in [3.05, 3.63) is 16.0 Å². The zero-order valence-electron chi connectivity index (χ0n) is 10.2. The van der Waals surface area contributed by atoms with Crippen molar-refractivity contribution in [2.45, 2.75) is 58.5 Å². The molecule has 0 amide bonds. The van der Waals surface area contributed by atoms with Crippen LogP contribution in [0.5, 0.6) is 0 Å². The van der Waals surface area contributed by atoms with Crippen LogP contribution in [0.25, 0.3) is 0 Å². The van der Waals surface area contributed by atoms with Crippen LogP contribution in [-0.4, -0.2) is 9.36 Å². The first-order valence-corrected chi connectivity index (χ1v) is 6.29. The average Bonchev–Trinajstić information content (AvgIpc) is 3.05. The predicted molar refractivity (Wildman–Crippen MR) is 65.7 cm³/mol. The van der Waals surface area contributed by atoms with E-state index in [1.54, 1.807) is 0 Å². The Hall–Kier alpha value is -1.19. The van der Waals surface area contributed by atoms with Gasteiger partial charge in [0, 0.05) is 19.0 Å². The molecule has 4 heteroatoms. The van der Waals surface area contributed by atoms with Crippen molar-refractivity contribution in [1.82, 2.24) is 9.36 Å². The summed E-state index contributed by atoms with van der Waals surface area (Å²) >= 11 is 0. The van der Waals surface area contributed by atoms with Crippen LogP contribution in [0.4, 0.5) is 5.69 Å². The van der Waals surface area contributed by atoms with Crippen LogP contribution in [0.3, 0.4) is 0 Å². The highest BCUT2D eigenvalue weighted by Crippen LogP contribution is 2.42. The van der Waals surface area contributed by atoms with Crippen molar-refractivity contribution in [3.63, 3.8) is 0 Å². The molecule has 0 unspecified atom stereocenters. The maximum Gasteiger partial charge on any atom is 0.290 e. The molecule has 1 heterocycles. The molecule has 0 atom stereocenters. The summed E-state index contributed by atoms with van der Waals surface area (Å²) in [6, 6.07) is 0. The minimum absolute atomic E-state index is 0.0113. The van der Waals surface area contributed by atoms with Gasteiger partial charge in [-0.2, -0.15) is 0 Å². The van der Waals surface area contributed by atoms with Gasteiger partial charge < -0.3 is 5.73 Å². The highest BCUT2D eigenvalue weighted by atomic mass is 16.1. The van der Waals surface area contributed by atoms with Gasteiger partial charge in [0.1, 0.15) is 5.69 Å². The fourth-order valence-corrected chi connectivity index (χ4v) is 2.30. The van der Waals surface area contributed by atoms with Crippen molar-refractivity contribution in [1.29, 1.82) is 0 Å². The number of rotatable bonds is 5. The summed E-state index contributed by atoms with van der Waals surface area (Å²) in [5, 5.41) is 0. The Kier molecular flexibility index (Phi) is 3.08. The van der Waals surface area contributed by atoms with Crippen molar-refractivity contribution in [2.24, 2.45) is 0 Å². The van der Waals surface area contributed by atoms with E-state index in [4.69, 9.17) is 5.73 Å². The maximum atomic E-state index is 12.0. The van der Waals surface area contributed by atoms with Crippen molar-refractivity contribution < 1.29 is 0 Å². The van der Waals surface area contributed by atoms with E-state index in [0.29, 0.717) is 11.6 Å². The van der Waals surface area contributed by atoms with Crippen LogP contribution in [0.1, 0.15) is 51.1 Å². The Labute approximate surface area is 96.0 Å². The van der Waals surface area contributed by atoms with Gasteiger partial charge in [0.15, 0.2) is 0 Å². The van der Waals surface area contributed by atoms with E-state index in [9.17, 15) is 4.79 Å². The third-order valence-corrected chi connectivity index (χ3v) is 3.15. The summed E-state index contributed by atoms with van der Waals surface area (Å²) in [5.41, 5.74) is 7.55. The van der Waals surface area contributed by atoms with E-state index < -0.39 is 0 Å². The lowest BCUT2D eigenvalue weighted by Crippen LogP contribution is -2.24. The van der Waals surface area contributed by atoms with Gasteiger partial charge in [0.05, 0.1) is 5.69 Å². The number of hydrogen-bond acceptors (Lipinski definition) is 2. The summed E-state index contributed by atoms with van der Waals surface area (Å²) < 4.78 is 3.95. The summed E-state index contributed by atoms with van der Waals surface area (Å²) in [6.07, 6.45) is 4.38. The van der Waals surface area contributed by atoms with E-state index >= 15 is 0 Å². The van der Waals surface area contributed by atoms with E-state index in [1.807, 2.05) is 4.68 Å². The van der Waals surface area contributed by atoms with Gasteiger partial charge in [-0.3, -0.25) is 9.48 Å². The molecule has 0 radical (unpaired) electrons. The lowest BCUT2D eigenvalue weighted by atomic mass is 10.2. The molecule has 1 fully saturated rings. The van der Waals surface area contributed by atoms with Crippen molar-refractivity contribution in [2.75, 3.05) is 5.73 Å². The molecule has 1 saturated carbocycles. The quantitative estimate of drug-likeness (QED) is 0.829. The minimum atomic E-state index is 0.0113. The van der Waals surface area contributed by atoms with Crippen LogP contribution in [-0.2, 0) is 13.1 Å². The maximum absolute atomic E-state index is 12.0. The third-order valence-electron chi connectivity index (χ3n) is 3.15. The van der Waals surface area contributed by atoms with Crippen molar-refractivity contribution in [3.8, 4) is 0 Å². The van der Waals surface area contributed by atoms with Crippen LogP contribution in [0.2, 0.25) is 0 Å². The SMILES string of the molecule is CCCn1c(C2CC2)c(N)c(=O)n1CCC. The molecule has 0 aromatic carbocycles. The van der Waals surface area contributed by atoms with Gasteiger partial charge in [0.25, 0.3) is 5.56 Å². The molecule has 1 aromatic heterocycles. The fourth-order valence-electron chi connectivity index (χ4n) is 2.30. The highest BCUT2D eigenvalue weighted by molar-refractivity contribution is 5.45. The van der Waals surface area contributed by atoms with E-state index in [2.05, 4.69) is 18.5 Å². The molecule has 0 saturated heterocycles. The lowest BCUT2D eigenvalue weighted by molar-refractivity contribution is 0.423. The standard InChI is InChI=1S/C12H21N3O/c1-3-7-14-11(9-5-6-9)10(13)12(16)15(14)8-4-2/h9H,3-8,13H2,1-2H3. The van der Waals surface area contributed by atoms with Gasteiger partial charge in [-0.15, -0.1) is 0 Å². The molecule has 16 heavy (non-hydrogen) atoms. The lowest BCUT2D eigenvalue weighted by Gasteiger charge is -2.13. The molecular formula is C12H21N3O. The first kappa shape index (κ1) is 11.3. The second-order valence-electron chi connectivity index (χ2n) is 4.62. The first-order valence-electron chi connectivity index (χ1n) is 6.29. The zero-order valence-corrected chi connectivity index (χ0v) is 10.2. The summed E-state index contributed by atoms with van der Waals surface area (Å²) in [6.45, 7) is 5.89. The van der Waals surface area contributed by atoms with Gasteiger partial charge in [-0.1, -0.05) is 13.8 Å². The molecule has 2 rings (SSSR count). The average molecular weight is 223 g/mol. The number of anilines is 1. The zero-order chi connectivity index (χ0) is 11.7. The second-order valence-corrected chi connectivity index (χ2v) is 4.62. The Morgan fingerprint density at radius 2 is 1.75 bits per heavy atom. The van der Waals surface area contributed by atoms with Gasteiger partial charge in [-0.05, 0) is 25.7 Å².